The second-order valence-corrected chi connectivity index (χ2v) is 7.79. The van der Waals surface area contributed by atoms with Gasteiger partial charge in [-0.05, 0) is 49.4 Å². The maximum atomic E-state index is 12.2. The minimum atomic E-state index is -0.214. The number of anilines is 1. The topological polar surface area (TPSA) is 87.3 Å². The second-order valence-electron chi connectivity index (χ2n) is 7.79. The van der Waals surface area contributed by atoms with E-state index in [1.54, 1.807) is 24.3 Å². The van der Waals surface area contributed by atoms with Gasteiger partial charge in [-0.25, -0.2) is 0 Å². The van der Waals surface area contributed by atoms with E-state index < -0.39 is 0 Å². The van der Waals surface area contributed by atoms with Crippen molar-refractivity contribution >= 4 is 23.4 Å². The molecule has 2 saturated carbocycles. The molecule has 0 spiro atoms. The van der Waals surface area contributed by atoms with E-state index in [9.17, 15) is 14.4 Å². The quantitative estimate of drug-likeness (QED) is 0.689. The van der Waals surface area contributed by atoms with Crippen LogP contribution >= 0.6 is 0 Å². The summed E-state index contributed by atoms with van der Waals surface area (Å²) in [5.41, 5.74) is 1.21. The van der Waals surface area contributed by atoms with E-state index in [0.29, 0.717) is 29.8 Å². The van der Waals surface area contributed by atoms with Gasteiger partial charge in [0.05, 0.1) is 0 Å². The molecule has 1 aromatic carbocycles. The lowest BCUT2D eigenvalue weighted by molar-refractivity contribution is -0.122. The van der Waals surface area contributed by atoms with Gasteiger partial charge in [0.1, 0.15) is 0 Å². The molecule has 27 heavy (non-hydrogen) atoms. The molecule has 2 atom stereocenters. The summed E-state index contributed by atoms with van der Waals surface area (Å²) in [5.74, 6) is 0.408. The van der Waals surface area contributed by atoms with Crippen LogP contribution in [0.25, 0.3) is 0 Å². The molecule has 0 saturated heterocycles. The summed E-state index contributed by atoms with van der Waals surface area (Å²) in [6.45, 7) is 2.38. The zero-order valence-corrected chi connectivity index (χ0v) is 15.9. The fourth-order valence-corrected chi connectivity index (χ4v) is 3.57. The molecule has 2 aliphatic rings. The van der Waals surface area contributed by atoms with Gasteiger partial charge in [-0.3, -0.25) is 14.4 Å². The highest BCUT2D eigenvalue weighted by Crippen LogP contribution is 2.38. The molecule has 3 N–H and O–H groups in total. The summed E-state index contributed by atoms with van der Waals surface area (Å²) in [6.07, 6.45) is 6.96. The lowest BCUT2D eigenvalue weighted by Gasteiger charge is -2.22. The first kappa shape index (κ1) is 19.4. The van der Waals surface area contributed by atoms with Crippen LogP contribution in [0.2, 0.25) is 0 Å². The van der Waals surface area contributed by atoms with Crippen LogP contribution in [0.5, 0.6) is 0 Å². The van der Waals surface area contributed by atoms with Crippen molar-refractivity contribution in [1.82, 2.24) is 10.6 Å². The van der Waals surface area contributed by atoms with Crippen LogP contribution in [0.3, 0.4) is 0 Å². The summed E-state index contributed by atoms with van der Waals surface area (Å²) < 4.78 is 0. The number of nitrogens with one attached hydrogen (secondary N) is 3. The van der Waals surface area contributed by atoms with Gasteiger partial charge in [0.15, 0.2) is 0 Å². The van der Waals surface area contributed by atoms with Gasteiger partial charge >= 0.3 is 0 Å². The van der Waals surface area contributed by atoms with E-state index in [1.807, 2.05) is 0 Å². The molecule has 6 heteroatoms. The van der Waals surface area contributed by atoms with Crippen LogP contribution in [-0.2, 0) is 9.59 Å². The standard InChI is InChI=1S/C21H29N3O3/c1-14-13-18(14)21(27)24-17-9-7-15(8-10-17)20(26)22-12-11-19(25)23-16-5-3-2-4-6-16/h7-10,14,16,18H,2-6,11-13H2,1H3,(H,22,26)(H,23,25)(H,24,27). The van der Waals surface area contributed by atoms with Gasteiger partial charge in [-0.1, -0.05) is 26.2 Å². The number of amides is 3. The van der Waals surface area contributed by atoms with Gasteiger partial charge in [0.25, 0.3) is 5.91 Å². The van der Waals surface area contributed by atoms with E-state index in [-0.39, 0.29) is 30.1 Å². The molecular weight excluding hydrogens is 342 g/mol. The molecule has 146 valence electrons. The molecule has 2 aliphatic carbocycles. The Hall–Kier alpha value is -2.37. The average Bonchev–Trinajstić information content (AvgIpc) is 3.40. The Balaban J connectivity index is 1.37. The Morgan fingerprint density at radius 1 is 1.04 bits per heavy atom. The van der Waals surface area contributed by atoms with Gasteiger partial charge < -0.3 is 16.0 Å². The van der Waals surface area contributed by atoms with E-state index in [4.69, 9.17) is 0 Å². The summed E-state index contributed by atoms with van der Waals surface area (Å²) in [7, 11) is 0. The molecule has 1 aromatic rings. The first-order valence-corrected chi connectivity index (χ1v) is 10.0. The third kappa shape index (κ3) is 5.81. The van der Waals surface area contributed by atoms with Crippen molar-refractivity contribution in [3.63, 3.8) is 0 Å². The van der Waals surface area contributed by atoms with Crippen molar-refractivity contribution < 1.29 is 14.4 Å². The Morgan fingerprint density at radius 2 is 1.70 bits per heavy atom. The maximum Gasteiger partial charge on any atom is 0.251 e. The first-order valence-electron chi connectivity index (χ1n) is 10.0. The van der Waals surface area contributed by atoms with Crippen LogP contribution in [0.15, 0.2) is 24.3 Å². The van der Waals surface area contributed by atoms with Crippen molar-refractivity contribution in [3.8, 4) is 0 Å². The van der Waals surface area contributed by atoms with Crippen molar-refractivity contribution in [2.75, 3.05) is 11.9 Å². The van der Waals surface area contributed by atoms with Crippen LogP contribution in [0.1, 0.15) is 62.2 Å². The zero-order valence-electron chi connectivity index (χ0n) is 15.9. The fourth-order valence-electron chi connectivity index (χ4n) is 3.57. The van der Waals surface area contributed by atoms with Crippen LogP contribution in [0, 0.1) is 11.8 Å². The summed E-state index contributed by atoms with van der Waals surface area (Å²) >= 11 is 0. The maximum absolute atomic E-state index is 12.2. The number of rotatable bonds is 7. The SMILES string of the molecule is CC1CC1C(=O)Nc1ccc(C(=O)NCCC(=O)NC2CCCCC2)cc1. The number of benzene rings is 1. The lowest BCUT2D eigenvalue weighted by atomic mass is 9.95. The van der Waals surface area contributed by atoms with Crippen LogP contribution in [0.4, 0.5) is 5.69 Å². The highest BCUT2D eigenvalue weighted by molar-refractivity contribution is 5.97. The summed E-state index contributed by atoms with van der Waals surface area (Å²) in [4.78, 5) is 36.1. The number of hydrogen-bond donors (Lipinski definition) is 3. The number of hydrogen-bond acceptors (Lipinski definition) is 3. The lowest BCUT2D eigenvalue weighted by Crippen LogP contribution is -2.38. The predicted molar refractivity (Wildman–Crippen MR) is 104 cm³/mol. The van der Waals surface area contributed by atoms with Gasteiger partial charge in [-0.15, -0.1) is 0 Å². The van der Waals surface area contributed by atoms with E-state index >= 15 is 0 Å². The average molecular weight is 371 g/mol. The Kier molecular flexibility index (Phi) is 6.48. The van der Waals surface area contributed by atoms with Crippen LogP contribution < -0.4 is 16.0 Å². The first-order chi connectivity index (χ1) is 13.0. The smallest absolute Gasteiger partial charge is 0.251 e. The molecule has 2 fully saturated rings. The highest BCUT2D eigenvalue weighted by Gasteiger charge is 2.39. The highest BCUT2D eigenvalue weighted by atomic mass is 16.2. The normalized spacial score (nSPS) is 22.0. The van der Waals surface area contributed by atoms with Crippen molar-refractivity contribution in [1.29, 1.82) is 0 Å². The molecule has 3 amide bonds. The van der Waals surface area contributed by atoms with E-state index in [1.165, 1.54) is 19.3 Å². The summed E-state index contributed by atoms with van der Waals surface area (Å²) in [6, 6.07) is 7.13. The summed E-state index contributed by atoms with van der Waals surface area (Å²) in [5, 5.41) is 8.69. The van der Waals surface area contributed by atoms with Crippen molar-refractivity contribution in [2.24, 2.45) is 11.8 Å². The zero-order chi connectivity index (χ0) is 19.2. The molecule has 2 unspecified atom stereocenters. The van der Waals surface area contributed by atoms with E-state index in [2.05, 4.69) is 22.9 Å². The van der Waals surface area contributed by atoms with Crippen molar-refractivity contribution in [3.05, 3.63) is 29.8 Å². The Bertz CT molecular complexity index is 680. The van der Waals surface area contributed by atoms with Gasteiger partial charge in [0, 0.05) is 36.2 Å². The van der Waals surface area contributed by atoms with Gasteiger partial charge in [0.2, 0.25) is 11.8 Å². The molecule has 6 nitrogen and oxygen atoms in total. The monoisotopic (exact) mass is 371 g/mol. The molecule has 0 aromatic heterocycles. The second kappa shape index (κ2) is 9.02. The molecule has 0 heterocycles. The van der Waals surface area contributed by atoms with Crippen LogP contribution in [-0.4, -0.2) is 30.3 Å². The molecular formula is C21H29N3O3. The number of carbonyl (C=O) groups excluding carboxylic acids is 3. The van der Waals surface area contributed by atoms with Crippen molar-refractivity contribution in [2.45, 2.75) is 57.9 Å². The molecule has 0 radical (unpaired) electrons. The third-order valence-electron chi connectivity index (χ3n) is 5.47. The Labute approximate surface area is 160 Å². The van der Waals surface area contributed by atoms with Gasteiger partial charge in [-0.2, -0.15) is 0 Å². The number of carbonyl (C=O) groups is 3. The molecule has 0 aliphatic heterocycles. The fraction of sp³-hybridized carbons (Fsp3) is 0.571. The minimum Gasteiger partial charge on any atom is -0.353 e. The largest absolute Gasteiger partial charge is 0.353 e. The third-order valence-corrected chi connectivity index (χ3v) is 5.47. The predicted octanol–water partition coefficient (Wildman–Crippen LogP) is 2.85. The molecule has 0 bridgehead atoms. The van der Waals surface area contributed by atoms with E-state index in [0.717, 1.165) is 19.3 Å². The molecule has 3 rings (SSSR count). The Morgan fingerprint density at radius 3 is 2.33 bits per heavy atom. The minimum absolute atomic E-state index is 0.00503.